The number of nitrogens with zero attached hydrogens (tertiary/aromatic N) is 1. The van der Waals surface area contributed by atoms with Crippen LogP contribution in [0.3, 0.4) is 0 Å². The molecule has 3 N–H and O–H groups in total. The summed E-state index contributed by atoms with van der Waals surface area (Å²) >= 11 is 0. The van der Waals surface area contributed by atoms with E-state index in [2.05, 4.69) is 5.32 Å². The maximum atomic E-state index is 11.6. The molecule has 4 heteroatoms. The molecule has 0 unspecified atom stereocenters. The number of nitrogens with two attached hydrogens (primary N) is 1. The molecule has 0 aromatic heterocycles. The zero-order chi connectivity index (χ0) is 11.1. The third-order valence-electron chi connectivity index (χ3n) is 2.88. The standard InChI is InChI=1S/C11H23N3O/c1-14(8-4-7-12)9-11(15)13-10-5-2-3-6-10/h10H,2-9,12H2,1H3,(H,13,15). The molecule has 1 aliphatic rings. The number of hydrogen-bond acceptors (Lipinski definition) is 3. The molecule has 1 amide bonds. The first kappa shape index (κ1) is 12.5. The SMILES string of the molecule is CN(CCCN)CC(=O)NC1CCCC1. The van der Waals surface area contributed by atoms with Gasteiger partial charge in [0.05, 0.1) is 6.54 Å². The minimum atomic E-state index is 0.154. The van der Waals surface area contributed by atoms with E-state index in [1.807, 2.05) is 11.9 Å². The Morgan fingerprint density at radius 3 is 2.73 bits per heavy atom. The first-order valence-corrected chi connectivity index (χ1v) is 5.90. The molecule has 0 saturated heterocycles. The van der Waals surface area contributed by atoms with Crippen LogP contribution >= 0.6 is 0 Å². The Balaban J connectivity index is 2.11. The second-order valence-electron chi connectivity index (χ2n) is 4.43. The van der Waals surface area contributed by atoms with E-state index in [1.165, 1.54) is 12.8 Å². The van der Waals surface area contributed by atoms with E-state index in [-0.39, 0.29) is 5.91 Å². The molecule has 0 heterocycles. The fourth-order valence-corrected chi connectivity index (χ4v) is 2.03. The zero-order valence-electron chi connectivity index (χ0n) is 9.67. The maximum absolute atomic E-state index is 11.6. The Labute approximate surface area is 92.2 Å². The summed E-state index contributed by atoms with van der Waals surface area (Å²) in [5.41, 5.74) is 5.41. The van der Waals surface area contributed by atoms with E-state index in [1.54, 1.807) is 0 Å². The van der Waals surface area contributed by atoms with Crippen LogP contribution in [0, 0.1) is 0 Å². The molecule has 0 aromatic rings. The van der Waals surface area contributed by atoms with Crippen LogP contribution in [0.5, 0.6) is 0 Å². The molecule has 4 nitrogen and oxygen atoms in total. The molecular formula is C11H23N3O. The van der Waals surface area contributed by atoms with Crippen molar-refractivity contribution in [3.05, 3.63) is 0 Å². The molecule has 1 aliphatic carbocycles. The van der Waals surface area contributed by atoms with Gasteiger partial charge in [0.15, 0.2) is 0 Å². The largest absolute Gasteiger partial charge is 0.352 e. The van der Waals surface area contributed by atoms with Crippen molar-refractivity contribution in [3.63, 3.8) is 0 Å². The minimum Gasteiger partial charge on any atom is -0.352 e. The predicted molar refractivity (Wildman–Crippen MR) is 61.6 cm³/mol. The average molecular weight is 213 g/mol. The summed E-state index contributed by atoms with van der Waals surface area (Å²) in [6, 6.07) is 0.431. The number of carbonyl (C=O) groups excluding carboxylic acids is 1. The maximum Gasteiger partial charge on any atom is 0.234 e. The number of likely N-dealkylation sites (N-methyl/N-ethyl adjacent to an activating group) is 1. The normalized spacial score (nSPS) is 17.3. The van der Waals surface area contributed by atoms with Gasteiger partial charge in [-0.1, -0.05) is 12.8 Å². The lowest BCUT2D eigenvalue weighted by atomic mass is 10.2. The molecule has 1 saturated carbocycles. The summed E-state index contributed by atoms with van der Waals surface area (Å²) in [6.07, 6.45) is 5.77. The third kappa shape index (κ3) is 5.14. The molecule has 1 fully saturated rings. The van der Waals surface area contributed by atoms with E-state index in [9.17, 15) is 4.79 Å². The number of rotatable bonds is 6. The Morgan fingerprint density at radius 1 is 1.47 bits per heavy atom. The fraction of sp³-hybridized carbons (Fsp3) is 0.909. The zero-order valence-corrected chi connectivity index (χ0v) is 9.67. The van der Waals surface area contributed by atoms with E-state index in [0.29, 0.717) is 19.1 Å². The smallest absolute Gasteiger partial charge is 0.234 e. The lowest BCUT2D eigenvalue weighted by Crippen LogP contribution is -2.40. The molecule has 0 aliphatic heterocycles. The highest BCUT2D eigenvalue weighted by Gasteiger charge is 2.17. The van der Waals surface area contributed by atoms with Gasteiger partial charge in [-0.2, -0.15) is 0 Å². The minimum absolute atomic E-state index is 0.154. The number of nitrogens with one attached hydrogen (secondary N) is 1. The van der Waals surface area contributed by atoms with Gasteiger partial charge in [-0.05, 0) is 39.4 Å². The fourth-order valence-electron chi connectivity index (χ4n) is 2.03. The van der Waals surface area contributed by atoms with Crippen LogP contribution in [0.4, 0.5) is 0 Å². The average Bonchev–Trinajstić information content (AvgIpc) is 2.67. The van der Waals surface area contributed by atoms with E-state index in [4.69, 9.17) is 5.73 Å². The van der Waals surface area contributed by atoms with Gasteiger partial charge in [0.1, 0.15) is 0 Å². The van der Waals surface area contributed by atoms with Gasteiger partial charge in [-0.25, -0.2) is 0 Å². The van der Waals surface area contributed by atoms with Gasteiger partial charge in [-0.3, -0.25) is 9.69 Å². The topological polar surface area (TPSA) is 58.4 Å². The van der Waals surface area contributed by atoms with Crippen LogP contribution in [-0.4, -0.2) is 43.5 Å². The molecule has 1 rings (SSSR count). The summed E-state index contributed by atoms with van der Waals surface area (Å²) in [7, 11) is 1.96. The van der Waals surface area contributed by atoms with Crippen molar-refractivity contribution in [2.24, 2.45) is 5.73 Å². The Morgan fingerprint density at radius 2 is 2.13 bits per heavy atom. The van der Waals surface area contributed by atoms with Crippen LogP contribution in [-0.2, 0) is 4.79 Å². The quantitative estimate of drug-likeness (QED) is 0.668. The predicted octanol–water partition coefficient (Wildman–Crippen LogP) is 0.326. The van der Waals surface area contributed by atoms with Crippen molar-refractivity contribution in [1.29, 1.82) is 0 Å². The third-order valence-corrected chi connectivity index (χ3v) is 2.88. The Bertz CT molecular complexity index is 190. The van der Waals surface area contributed by atoms with Gasteiger partial charge in [0, 0.05) is 6.04 Å². The molecule has 88 valence electrons. The van der Waals surface area contributed by atoms with Crippen LogP contribution in [0.1, 0.15) is 32.1 Å². The van der Waals surface area contributed by atoms with E-state index >= 15 is 0 Å². The van der Waals surface area contributed by atoms with Crippen molar-refractivity contribution >= 4 is 5.91 Å². The molecule has 0 spiro atoms. The number of amides is 1. The Hall–Kier alpha value is -0.610. The summed E-state index contributed by atoms with van der Waals surface area (Å²) in [4.78, 5) is 13.6. The van der Waals surface area contributed by atoms with Gasteiger partial charge in [0.25, 0.3) is 0 Å². The summed E-state index contributed by atoms with van der Waals surface area (Å²) in [5, 5.41) is 3.07. The lowest BCUT2D eigenvalue weighted by molar-refractivity contribution is -0.122. The van der Waals surface area contributed by atoms with Crippen LogP contribution in [0.25, 0.3) is 0 Å². The van der Waals surface area contributed by atoms with Crippen LogP contribution in [0.15, 0.2) is 0 Å². The summed E-state index contributed by atoms with van der Waals surface area (Å²) in [6.45, 7) is 2.08. The molecule has 0 bridgehead atoms. The first-order chi connectivity index (χ1) is 7.22. The highest BCUT2D eigenvalue weighted by atomic mass is 16.2. The summed E-state index contributed by atoms with van der Waals surface area (Å²) in [5.74, 6) is 0.154. The van der Waals surface area contributed by atoms with Crippen LogP contribution < -0.4 is 11.1 Å². The second-order valence-corrected chi connectivity index (χ2v) is 4.43. The van der Waals surface area contributed by atoms with Gasteiger partial charge >= 0.3 is 0 Å². The highest BCUT2D eigenvalue weighted by Crippen LogP contribution is 2.17. The van der Waals surface area contributed by atoms with Crippen molar-refractivity contribution in [2.75, 3.05) is 26.7 Å². The number of hydrogen-bond donors (Lipinski definition) is 2. The molecule has 0 atom stereocenters. The number of carbonyl (C=O) groups is 1. The first-order valence-electron chi connectivity index (χ1n) is 5.90. The lowest BCUT2D eigenvalue weighted by Gasteiger charge is -2.18. The molecule has 15 heavy (non-hydrogen) atoms. The van der Waals surface area contributed by atoms with Crippen molar-refractivity contribution < 1.29 is 4.79 Å². The highest BCUT2D eigenvalue weighted by molar-refractivity contribution is 5.78. The van der Waals surface area contributed by atoms with Gasteiger partial charge < -0.3 is 11.1 Å². The monoisotopic (exact) mass is 213 g/mol. The van der Waals surface area contributed by atoms with Crippen molar-refractivity contribution in [3.8, 4) is 0 Å². The molecule has 0 aromatic carbocycles. The van der Waals surface area contributed by atoms with E-state index in [0.717, 1.165) is 25.8 Å². The summed E-state index contributed by atoms with van der Waals surface area (Å²) < 4.78 is 0. The van der Waals surface area contributed by atoms with Gasteiger partial charge in [0.2, 0.25) is 5.91 Å². The van der Waals surface area contributed by atoms with Crippen molar-refractivity contribution in [2.45, 2.75) is 38.1 Å². The second kappa shape index (κ2) is 6.80. The molecular weight excluding hydrogens is 190 g/mol. The Kier molecular flexibility index (Phi) is 5.65. The van der Waals surface area contributed by atoms with E-state index < -0.39 is 0 Å². The van der Waals surface area contributed by atoms with Crippen molar-refractivity contribution in [1.82, 2.24) is 10.2 Å². The van der Waals surface area contributed by atoms with Crippen LogP contribution in [0.2, 0.25) is 0 Å². The van der Waals surface area contributed by atoms with Gasteiger partial charge in [-0.15, -0.1) is 0 Å². The molecule has 0 radical (unpaired) electrons.